The average Bonchev–Trinajstić information content (AvgIpc) is 3.02. The molecule has 7 heteroatoms. The predicted octanol–water partition coefficient (Wildman–Crippen LogP) is 0.477. The standard InChI is InChI=1S/C19H30N4O3/c1-14-4-3-5-15(8-14)19-16(9-20-21-19)10-23-6-7-26-17(12-23)11-22(2)13-18(24)25/h3-5,8,16-17,19-21H,6-7,9-13H2,1-2H3,(H,24,25). The van der Waals surface area contributed by atoms with Crippen molar-refractivity contribution in [2.24, 2.45) is 5.92 Å². The van der Waals surface area contributed by atoms with Gasteiger partial charge in [-0.15, -0.1) is 0 Å². The molecule has 0 bridgehead atoms. The average molecular weight is 362 g/mol. The maximum Gasteiger partial charge on any atom is 0.317 e. The van der Waals surface area contributed by atoms with Crippen LogP contribution in [0.3, 0.4) is 0 Å². The van der Waals surface area contributed by atoms with E-state index in [4.69, 9.17) is 9.84 Å². The molecule has 2 aliphatic heterocycles. The number of hydrogen-bond donors (Lipinski definition) is 3. The van der Waals surface area contributed by atoms with Crippen LogP contribution < -0.4 is 10.9 Å². The van der Waals surface area contributed by atoms with Crippen LogP contribution in [0.1, 0.15) is 17.2 Å². The summed E-state index contributed by atoms with van der Waals surface area (Å²) in [7, 11) is 1.83. The van der Waals surface area contributed by atoms with Crippen molar-refractivity contribution in [2.75, 3.05) is 52.9 Å². The summed E-state index contributed by atoms with van der Waals surface area (Å²) in [6.45, 7) is 7.24. The molecule has 7 nitrogen and oxygen atoms in total. The summed E-state index contributed by atoms with van der Waals surface area (Å²) in [5.41, 5.74) is 9.34. The van der Waals surface area contributed by atoms with E-state index >= 15 is 0 Å². The molecule has 2 aliphatic rings. The first kappa shape index (κ1) is 19.3. The van der Waals surface area contributed by atoms with Gasteiger partial charge in [0.2, 0.25) is 0 Å². The molecule has 1 aromatic rings. The SMILES string of the molecule is Cc1cccc(C2NNCC2CN2CCOC(CN(C)CC(=O)O)C2)c1. The fourth-order valence-corrected chi connectivity index (χ4v) is 3.96. The minimum Gasteiger partial charge on any atom is -0.480 e. The Kier molecular flexibility index (Phi) is 6.61. The normalized spacial score (nSPS) is 27.1. The van der Waals surface area contributed by atoms with Gasteiger partial charge in [0.1, 0.15) is 0 Å². The maximum atomic E-state index is 10.8. The molecule has 0 amide bonds. The number of carboxylic acids is 1. The monoisotopic (exact) mass is 362 g/mol. The lowest BCUT2D eigenvalue weighted by molar-refractivity contribution is -0.138. The van der Waals surface area contributed by atoms with E-state index in [0.717, 1.165) is 26.2 Å². The Labute approximate surface area is 155 Å². The van der Waals surface area contributed by atoms with E-state index in [-0.39, 0.29) is 12.6 Å². The molecule has 2 heterocycles. The first-order valence-corrected chi connectivity index (χ1v) is 9.30. The van der Waals surface area contributed by atoms with Crippen LogP contribution in [0, 0.1) is 12.8 Å². The van der Waals surface area contributed by atoms with Gasteiger partial charge in [0.15, 0.2) is 0 Å². The van der Waals surface area contributed by atoms with Gasteiger partial charge in [0.25, 0.3) is 0 Å². The van der Waals surface area contributed by atoms with Crippen molar-refractivity contribution in [2.45, 2.75) is 19.1 Å². The number of aryl methyl sites for hydroxylation is 1. The summed E-state index contributed by atoms with van der Waals surface area (Å²) in [6, 6.07) is 8.99. The van der Waals surface area contributed by atoms with Crippen LogP contribution in [0.15, 0.2) is 24.3 Å². The number of hydrogen-bond acceptors (Lipinski definition) is 6. The number of likely N-dealkylation sites (N-methyl/N-ethyl adjacent to an activating group) is 1. The summed E-state index contributed by atoms with van der Waals surface area (Å²) < 4.78 is 5.84. The molecular weight excluding hydrogens is 332 g/mol. The third-order valence-electron chi connectivity index (χ3n) is 5.13. The van der Waals surface area contributed by atoms with E-state index in [2.05, 4.69) is 46.9 Å². The first-order valence-electron chi connectivity index (χ1n) is 9.30. The number of carbonyl (C=O) groups is 1. The summed E-state index contributed by atoms with van der Waals surface area (Å²) in [6.07, 6.45) is 0.0628. The molecule has 26 heavy (non-hydrogen) atoms. The quantitative estimate of drug-likeness (QED) is 0.651. The molecule has 0 aliphatic carbocycles. The van der Waals surface area contributed by atoms with Gasteiger partial charge in [0.05, 0.1) is 25.3 Å². The van der Waals surface area contributed by atoms with E-state index < -0.39 is 5.97 Å². The molecule has 0 saturated carbocycles. The van der Waals surface area contributed by atoms with E-state index in [1.54, 1.807) is 0 Å². The largest absolute Gasteiger partial charge is 0.480 e. The molecular formula is C19H30N4O3. The van der Waals surface area contributed by atoms with Crippen molar-refractivity contribution in [1.29, 1.82) is 0 Å². The number of hydrazine groups is 1. The van der Waals surface area contributed by atoms with Crippen LogP contribution in [0.5, 0.6) is 0 Å². The second-order valence-electron chi connectivity index (χ2n) is 7.52. The van der Waals surface area contributed by atoms with Gasteiger partial charge in [0, 0.05) is 38.6 Å². The van der Waals surface area contributed by atoms with Crippen molar-refractivity contribution in [3.05, 3.63) is 35.4 Å². The summed E-state index contributed by atoms with van der Waals surface area (Å²) in [5.74, 6) is -0.309. The summed E-state index contributed by atoms with van der Waals surface area (Å²) in [5, 5.41) is 8.91. The van der Waals surface area contributed by atoms with Gasteiger partial charge in [-0.1, -0.05) is 29.8 Å². The van der Waals surface area contributed by atoms with Gasteiger partial charge in [-0.05, 0) is 19.5 Å². The topological polar surface area (TPSA) is 77.1 Å². The smallest absolute Gasteiger partial charge is 0.317 e. The zero-order valence-electron chi connectivity index (χ0n) is 15.6. The molecule has 3 N–H and O–H groups in total. The number of ether oxygens (including phenoxy) is 1. The van der Waals surface area contributed by atoms with Gasteiger partial charge >= 0.3 is 5.97 Å². The van der Waals surface area contributed by atoms with Gasteiger partial charge in [-0.3, -0.25) is 20.0 Å². The Bertz CT molecular complexity index is 612. The Morgan fingerprint density at radius 3 is 3.08 bits per heavy atom. The highest BCUT2D eigenvalue weighted by atomic mass is 16.5. The molecule has 1 aromatic carbocycles. The Morgan fingerprint density at radius 2 is 2.31 bits per heavy atom. The van der Waals surface area contributed by atoms with Crippen molar-refractivity contribution in [3.63, 3.8) is 0 Å². The zero-order chi connectivity index (χ0) is 18.5. The number of carboxylic acid groups (broad SMARTS) is 1. The molecule has 144 valence electrons. The van der Waals surface area contributed by atoms with Gasteiger partial charge in [-0.2, -0.15) is 0 Å². The van der Waals surface area contributed by atoms with E-state index in [9.17, 15) is 4.79 Å². The summed E-state index contributed by atoms with van der Waals surface area (Å²) >= 11 is 0. The lowest BCUT2D eigenvalue weighted by atomic mass is 9.93. The van der Waals surface area contributed by atoms with Crippen molar-refractivity contribution >= 4 is 5.97 Å². The van der Waals surface area contributed by atoms with E-state index in [1.165, 1.54) is 11.1 Å². The summed E-state index contributed by atoms with van der Waals surface area (Å²) in [4.78, 5) is 15.1. The molecule has 2 saturated heterocycles. The fourth-order valence-electron chi connectivity index (χ4n) is 3.96. The van der Waals surface area contributed by atoms with Crippen LogP contribution >= 0.6 is 0 Å². The number of aliphatic carboxylic acids is 1. The Balaban J connectivity index is 1.55. The van der Waals surface area contributed by atoms with Crippen LogP contribution in [0.4, 0.5) is 0 Å². The minimum absolute atomic E-state index is 0.0474. The molecule has 3 atom stereocenters. The fraction of sp³-hybridized carbons (Fsp3) is 0.632. The molecule has 0 aromatic heterocycles. The number of rotatable bonds is 7. The number of nitrogens with zero attached hydrogens (tertiary/aromatic N) is 2. The van der Waals surface area contributed by atoms with Crippen LogP contribution in [0.2, 0.25) is 0 Å². The van der Waals surface area contributed by atoms with Crippen molar-refractivity contribution < 1.29 is 14.6 Å². The second-order valence-corrected chi connectivity index (χ2v) is 7.52. The zero-order valence-corrected chi connectivity index (χ0v) is 15.6. The van der Waals surface area contributed by atoms with Crippen molar-refractivity contribution in [1.82, 2.24) is 20.7 Å². The van der Waals surface area contributed by atoms with Crippen LogP contribution in [-0.2, 0) is 9.53 Å². The molecule has 0 radical (unpaired) electrons. The third-order valence-corrected chi connectivity index (χ3v) is 5.13. The van der Waals surface area contributed by atoms with E-state index in [0.29, 0.717) is 25.1 Å². The minimum atomic E-state index is -0.802. The molecule has 3 unspecified atom stereocenters. The molecule has 0 spiro atoms. The predicted molar refractivity (Wildman–Crippen MR) is 99.9 cm³/mol. The first-order chi connectivity index (χ1) is 12.5. The number of morpholine rings is 1. The van der Waals surface area contributed by atoms with Gasteiger partial charge < -0.3 is 9.84 Å². The van der Waals surface area contributed by atoms with Crippen LogP contribution in [-0.4, -0.2) is 79.9 Å². The second kappa shape index (κ2) is 8.92. The molecule has 3 rings (SSSR count). The number of nitrogens with one attached hydrogen (secondary N) is 2. The molecule has 2 fully saturated rings. The highest BCUT2D eigenvalue weighted by Crippen LogP contribution is 2.26. The Hall–Kier alpha value is -1.51. The lowest BCUT2D eigenvalue weighted by Gasteiger charge is -2.36. The van der Waals surface area contributed by atoms with Crippen LogP contribution in [0.25, 0.3) is 0 Å². The highest BCUT2D eigenvalue weighted by molar-refractivity contribution is 5.69. The lowest BCUT2D eigenvalue weighted by Crippen LogP contribution is -2.49. The highest BCUT2D eigenvalue weighted by Gasteiger charge is 2.32. The Morgan fingerprint density at radius 1 is 1.46 bits per heavy atom. The van der Waals surface area contributed by atoms with Gasteiger partial charge in [-0.25, -0.2) is 5.43 Å². The third kappa shape index (κ3) is 5.25. The maximum absolute atomic E-state index is 10.8. The van der Waals surface area contributed by atoms with Crippen molar-refractivity contribution in [3.8, 4) is 0 Å². The van der Waals surface area contributed by atoms with E-state index in [1.807, 2.05) is 11.9 Å². The number of benzene rings is 1.